The van der Waals surface area contributed by atoms with Crippen LogP contribution in [0, 0.1) is 0 Å². The molecule has 1 unspecified atom stereocenters. The predicted molar refractivity (Wildman–Crippen MR) is 130 cm³/mol. The van der Waals surface area contributed by atoms with Crippen LogP contribution >= 0.6 is 11.6 Å². The number of hydrogen-bond acceptors (Lipinski definition) is 4. The molecule has 0 aliphatic carbocycles. The fourth-order valence-electron chi connectivity index (χ4n) is 3.28. The summed E-state index contributed by atoms with van der Waals surface area (Å²) in [6.07, 6.45) is 0.673. The first kappa shape index (κ1) is 24.3. The summed E-state index contributed by atoms with van der Waals surface area (Å²) in [5.74, 6) is 1.57. The molecule has 3 rings (SSSR count). The maximum Gasteiger partial charge on any atom is 0.251 e. The number of carbonyl (C=O) groups is 2. The molecule has 1 atom stereocenters. The lowest BCUT2D eigenvalue weighted by molar-refractivity contribution is -0.120. The van der Waals surface area contributed by atoms with E-state index in [1.807, 2.05) is 68.4 Å². The lowest BCUT2D eigenvalue weighted by Crippen LogP contribution is -2.42. The Morgan fingerprint density at radius 1 is 0.939 bits per heavy atom. The number of nitrogens with one attached hydrogen (secondary N) is 1. The molecular formula is C27H28ClNO4. The molecule has 172 valence electrons. The predicted octanol–water partition coefficient (Wildman–Crippen LogP) is 6.24. The number of ether oxygens (including phenoxy) is 2. The fraction of sp³-hybridized carbons (Fsp3) is 0.259. The van der Waals surface area contributed by atoms with Gasteiger partial charge in [0.15, 0.2) is 5.78 Å². The summed E-state index contributed by atoms with van der Waals surface area (Å²) in [5.41, 5.74) is 1.29. The number of amides is 1. The van der Waals surface area contributed by atoms with Crippen LogP contribution in [0.15, 0.2) is 72.8 Å². The second-order valence-corrected chi connectivity index (χ2v) is 8.33. The lowest BCUT2D eigenvalue weighted by atomic mass is 10.0. The molecule has 0 saturated carbocycles. The summed E-state index contributed by atoms with van der Waals surface area (Å²) in [7, 11) is 0. The van der Waals surface area contributed by atoms with Crippen molar-refractivity contribution >= 4 is 23.3 Å². The van der Waals surface area contributed by atoms with Crippen LogP contribution in [-0.4, -0.2) is 23.8 Å². The molecule has 0 radical (unpaired) electrons. The molecule has 0 bridgehead atoms. The molecule has 6 heteroatoms. The van der Waals surface area contributed by atoms with E-state index in [0.717, 1.165) is 11.3 Å². The molecule has 0 saturated heterocycles. The van der Waals surface area contributed by atoms with Gasteiger partial charge in [0.1, 0.15) is 17.2 Å². The topological polar surface area (TPSA) is 64.6 Å². The smallest absolute Gasteiger partial charge is 0.251 e. The molecule has 0 aromatic heterocycles. The minimum Gasteiger partial charge on any atom is -0.489 e. The van der Waals surface area contributed by atoms with Gasteiger partial charge in [-0.1, -0.05) is 48.9 Å². The Morgan fingerprint density at radius 3 is 2.21 bits per heavy atom. The molecule has 1 amide bonds. The minimum atomic E-state index is -0.645. The average molecular weight is 466 g/mol. The van der Waals surface area contributed by atoms with Crippen molar-refractivity contribution in [2.24, 2.45) is 0 Å². The van der Waals surface area contributed by atoms with E-state index < -0.39 is 6.04 Å². The van der Waals surface area contributed by atoms with E-state index in [4.69, 9.17) is 21.1 Å². The van der Waals surface area contributed by atoms with Gasteiger partial charge in [-0.15, -0.1) is 0 Å². The zero-order valence-corrected chi connectivity index (χ0v) is 19.8. The van der Waals surface area contributed by atoms with Crippen LogP contribution in [0.2, 0.25) is 5.02 Å². The van der Waals surface area contributed by atoms with E-state index in [9.17, 15) is 9.59 Å². The monoisotopic (exact) mass is 465 g/mol. The van der Waals surface area contributed by atoms with Gasteiger partial charge < -0.3 is 14.8 Å². The number of Topliss-reactive ketones (excluding diaryl/α,β-unsaturated/α-hetero) is 1. The number of halogens is 1. The van der Waals surface area contributed by atoms with E-state index in [1.165, 1.54) is 0 Å². The van der Waals surface area contributed by atoms with E-state index in [1.54, 1.807) is 25.1 Å². The van der Waals surface area contributed by atoms with E-state index >= 15 is 0 Å². The number of benzene rings is 3. The standard InChI is InChI=1S/C27H28ClNO4/c1-4-25(30)24(29-27(31)20-12-15-26(23(28)17-20)32-18(2)3)16-19-10-13-22(14-11-19)33-21-8-6-5-7-9-21/h5-15,17-18,24H,4,16H2,1-3H3,(H,29,31). The number of carbonyl (C=O) groups excluding carboxylic acids is 2. The van der Waals surface area contributed by atoms with Gasteiger partial charge >= 0.3 is 0 Å². The van der Waals surface area contributed by atoms with Crippen LogP contribution in [0.25, 0.3) is 0 Å². The summed E-state index contributed by atoms with van der Waals surface area (Å²) in [5, 5.41) is 3.21. The van der Waals surface area contributed by atoms with Crippen molar-refractivity contribution in [2.45, 2.75) is 45.8 Å². The zero-order chi connectivity index (χ0) is 23.8. The summed E-state index contributed by atoms with van der Waals surface area (Å²) in [4.78, 5) is 25.4. The number of ketones is 1. The van der Waals surface area contributed by atoms with Crippen LogP contribution in [0.4, 0.5) is 0 Å². The molecule has 33 heavy (non-hydrogen) atoms. The molecule has 0 heterocycles. The van der Waals surface area contributed by atoms with Crippen LogP contribution in [0.1, 0.15) is 43.1 Å². The summed E-state index contributed by atoms with van der Waals surface area (Å²) in [6.45, 7) is 5.59. The maximum atomic E-state index is 12.8. The van der Waals surface area contributed by atoms with Gasteiger partial charge in [-0.3, -0.25) is 9.59 Å². The summed E-state index contributed by atoms with van der Waals surface area (Å²) in [6, 6.07) is 21.2. The van der Waals surface area contributed by atoms with Crippen molar-refractivity contribution in [3.63, 3.8) is 0 Å². The van der Waals surface area contributed by atoms with Crippen LogP contribution in [0.3, 0.4) is 0 Å². The largest absolute Gasteiger partial charge is 0.489 e. The summed E-state index contributed by atoms with van der Waals surface area (Å²) >= 11 is 6.26. The maximum absolute atomic E-state index is 12.8. The highest BCUT2D eigenvalue weighted by Gasteiger charge is 2.21. The quantitative estimate of drug-likeness (QED) is 0.385. The highest BCUT2D eigenvalue weighted by atomic mass is 35.5. The molecule has 0 aliphatic rings. The highest BCUT2D eigenvalue weighted by Crippen LogP contribution is 2.27. The Bertz CT molecular complexity index is 1080. The van der Waals surface area contributed by atoms with Gasteiger partial charge in [0.05, 0.1) is 17.2 Å². The third kappa shape index (κ3) is 7.09. The summed E-state index contributed by atoms with van der Waals surface area (Å²) < 4.78 is 11.4. The Hall–Kier alpha value is -3.31. The van der Waals surface area contributed by atoms with E-state index in [0.29, 0.717) is 34.9 Å². The number of hydrogen-bond donors (Lipinski definition) is 1. The van der Waals surface area contributed by atoms with Gasteiger partial charge in [0, 0.05) is 12.0 Å². The van der Waals surface area contributed by atoms with Crippen molar-refractivity contribution in [3.05, 3.63) is 88.9 Å². The normalized spacial score (nSPS) is 11.7. The second-order valence-electron chi connectivity index (χ2n) is 7.92. The number of para-hydroxylation sites is 1. The molecule has 3 aromatic rings. The second kappa shape index (κ2) is 11.5. The van der Waals surface area contributed by atoms with E-state index in [-0.39, 0.29) is 17.8 Å². The molecule has 3 aromatic carbocycles. The zero-order valence-electron chi connectivity index (χ0n) is 19.0. The Morgan fingerprint density at radius 2 is 1.61 bits per heavy atom. The number of rotatable bonds is 10. The van der Waals surface area contributed by atoms with Crippen molar-refractivity contribution in [1.29, 1.82) is 0 Å². The van der Waals surface area contributed by atoms with Crippen LogP contribution in [0.5, 0.6) is 17.2 Å². The Labute approximate surface area is 199 Å². The van der Waals surface area contributed by atoms with Crippen LogP contribution < -0.4 is 14.8 Å². The third-order valence-electron chi connectivity index (χ3n) is 4.94. The van der Waals surface area contributed by atoms with Gasteiger partial charge in [0.25, 0.3) is 5.91 Å². The fourth-order valence-corrected chi connectivity index (χ4v) is 3.50. The van der Waals surface area contributed by atoms with Crippen molar-refractivity contribution in [1.82, 2.24) is 5.32 Å². The molecule has 0 spiro atoms. The SMILES string of the molecule is CCC(=O)C(Cc1ccc(Oc2ccccc2)cc1)NC(=O)c1ccc(OC(C)C)c(Cl)c1. The van der Waals surface area contributed by atoms with Gasteiger partial charge in [0.2, 0.25) is 0 Å². The van der Waals surface area contributed by atoms with Gasteiger partial charge in [-0.25, -0.2) is 0 Å². The molecular weight excluding hydrogens is 438 g/mol. The molecule has 1 N–H and O–H groups in total. The van der Waals surface area contributed by atoms with E-state index in [2.05, 4.69) is 5.32 Å². The van der Waals surface area contributed by atoms with Crippen LogP contribution in [-0.2, 0) is 11.2 Å². The first-order valence-corrected chi connectivity index (χ1v) is 11.3. The minimum absolute atomic E-state index is 0.0294. The average Bonchev–Trinajstić information content (AvgIpc) is 2.81. The van der Waals surface area contributed by atoms with Crippen molar-refractivity contribution in [3.8, 4) is 17.2 Å². The van der Waals surface area contributed by atoms with Gasteiger partial charge in [-0.2, -0.15) is 0 Å². The van der Waals surface area contributed by atoms with Gasteiger partial charge in [-0.05, 0) is 68.3 Å². The molecule has 0 aliphatic heterocycles. The Kier molecular flexibility index (Phi) is 8.50. The highest BCUT2D eigenvalue weighted by molar-refractivity contribution is 6.32. The third-order valence-corrected chi connectivity index (χ3v) is 5.24. The van der Waals surface area contributed by atoms with Crippen molar-refractivity contribution < 1.29 is 19.1 Å². The molecule has 0 fully saturated rings. The Balaban J connectivity index is 1.68. The lowest BCUT2D eigenvalue weighted by Gasteiger charge is -2.18. The first-order chi connectivity index (χ1) is 15.9. The molecule has 5 nitrogen and oxygen atoms in total. The first-order valence-electron chi connectivity index (χ1n) is 11.0. The van der Waals surface area contributed by atoms with Crippen molar-refractivity contribution in [2.75, 3.05) is 0 Å².